The molecule has 90 valence electrons. The smallest absolute Gasteiger partial charge is 0.244 e. The highest BCUT2D eigenvalue weighted by atomic mass is 16.3. The molecule has 6 heteroatoms. The molecule has 0 bridgehead atoms. The van der Waals surface area contributed by atoms with E-state index in [2.05, 4.69) is 0 Å². The van der Waals surface area contributed by atoms with Gasteiger partial charge in [-0.1, -0.05) is 0 Å². The fourth-order valence-corrected chi connectivity index (χ4v) is 0.874. The Labute approximate surface area is 93.2 Å². The van der Waals surface area contributed by atoms with Crippen LogP contribution >= 0.6 is 0 Å². The summed E-state index contributed by atoms with van der Waals surface area (Å²) in [4.78, 5) is 21.3. The predicted molar refractivity (Wildman–Crippen MR) is 57.9 cm³/mol. The first kappa shape index (κ1) is 14.3. The fourth-order valence-electron chi connectivity index (χ4n) is 0.874. The molecule has 0 aromatic rings. The monoisotopic (exact) mass is 228 g/mol. The number of amides is 2. The van der Waals surface area contributed by atoms with Crippen LogP contribution in [-0.2, 0) is 9.59 Å². The lowest BCUT2D eigenvalue weighted by Gasteiger charge is -2.11. The number of aliphatic hydroxyl groups is 2. The highest BCUT2D eigenvalue weighted by Gasteiger charge is 2.14. The van der Waals surface area contributed by atoms with Gasteiger partial charge in [-0.15, -0.1) is 0 Å². The Morgan fingerprint density at radius 2 is 1.19 bits per heavy atom. The number of carbonyl (C=O) groups excluding carboxylic acids is 2. The van der Waals surface area contributed by atoms with E-state index in [1.54, 1.807) is 0 Å². The van der Waals surface area contributed by atoms with Crippen molar-refractivity contribution >= 4 is 11.8 Å². The van der Waals surface area contributed by atoms with Gasteiger partial charge in [0.1, 0.15) is 12.2 Å². The molecule has 6 nitrogen and oxygen atoms in total. The highest BCUT2D eigenvalue weighted by Crippen LogP contribution is 2.04. The molecule has 0 aliphatic rings. The van der Waals surface area contributed by atoms with Crippen molar-refractivity contribution in [3.8, 4) is 0 Å². The molecule has 0 fully saturated rings. The van der Waals surface area contributed by atoms with Gasteiger partial charge in [0.05, 0.1) is 0 Å². The Morgan fingerprint density at radius 3 is 1.38 bits per heavy atom. The molecule has 16 heavy (non-hydrogen) atoms. The van der Waals surface area contributed by atoms with Gasteiger partial charge in [0, 0.05) is 11.1 Å². The van der Waals surface area contributed by atoms with Gasteiger partial charge in [0.2, 0.25) is 11.8 Å². The molecule has 0 saturated heterocycles. The zero-order chi connectivity index (χ0) is 12.9. The number of nitrogens with two attached hydrogens (primary N) is 2. The lowest BCUT2D eigenvalue weighted by atomic mass is 10.1. The maximum absolute atomic E-state index is 10.7. The minimum atomic E-state index is -1.32. The molecule has 0 saturated carbocycles. The maximum atomic E-state index is 10.7. The standard InChI is InChI=1S/C10H16N2O4/c1-5(9(11)15)3-7(13)8(14)4-6(2)10(12)16/h3-4,7-8,13-14H,1-2H3,(H2,11,15)(H2,12,16). The van der Waals surface area contributed by atoms with Crippen molar-refractivity contribution in [2.24, 2.45) is 11.5 Å². The second-order valence-electron chi connectivity index (χ2n) is 3.41. The molecule has 0 heterocycles. The van der Waals surface area contributed by atoms with Crippen molar-refractivity contribution in [1.82, 2.24) is 0 Å². The Balaban J connectivity index is 4.70. The first-order valence-electron chi connectivity index (χ1n) is 4.58. The molecule has 2 unspecified atom stereocenters. The van der Waals surface area contributed by atoms with Gasteiger partial charge >= 0.3 is 0 Å². The van der Waals surface area contributed by atoms with Crippen molar-refractivity contribution in [1.29, 1.82) is 0 Å². The van der Waals surface area contributed by atoms with E-state index in [0.29, 0.717) is 0 Å². The molecule has 2 atom stereocenters. The third-order valence-electron chi connectivity index (χ3n) is 1.97. The first-order chi connectivity index (χ1) is 7.25. The fraction of sp³-hybridized carbons (Fsp3) is 0.400. The summed E-state index contributed by atoms with van der Waals surface area (Å²) in [5, 5.41) is 18.9. The van der Waals surface area contributed by atoms with Crippen LogP contribution in [0, 0.1) is 0 Å². The maximum Gasteiger partial charge on any atom is 0.244 e. The van der Waals surface area contributed by atoms with Crippen molar-refractivity contribution in [3.63, 3.8) is 0 Å². The lowest BCUT2D eigenvalue weighted by Crippen LogP contribution is -2.25. The zero-order valence-electron chi connectivity index (χ0n) is 9.18. The van der Waals surface area contributed by atoms with Crippen LogP contribution in [0.15, 0.2) is 23.3 Å². The molecule has 0 aromatic carbocycles. The summed E-state index contributed by atoms with van der Waals surface area (Å²) in [5.74, 6) is -1.39. The molecule has 0 rings (SSSR count). The molecule has 6 N–H and O–H groups in total. The first-order valence-corrected chi connectivity index (χ1v) is 4.58. The van der Waals surface area contributed by atoms with E-state index in [4.69, 9.17) is 11.5 Å². The SMILES string of the molecule is CC(=CC(O)C(O)C=C(C)C(N)=O)C(N)=O. The van der Waals surface area contributed by atoms with Crippen LogP contribution in [-0.4, -0.2) is 34.2 Å². The summed E-state index contributed by atoms with van der Waals surface area (Å²) in [7, 11) is 0. The summed E-state index contributed by atoms with van der Waals surface area (Å²) in [6.07, 6.45) is -0.418. The van der Waals surface area contributed by atoms with Crippen LogP contribution in [0.2, 0.25) is 0 Å². The highest BCUT2D eigenvalue weighted by molar-refractivity contribution is 5.92. The van der Waals surface area contributed by atoms with E-state index in [0.717, 1.165) is 12.2 Å². The van der Waals surface area contributed by atoms with Gasteiger partial charge in [-0.05, 0) is 26.0 Å². The van der Waals surface area contributed by atoms with Crippen molar-refractivity contribution in [3.05, 3.63) is 23.3 Å². The normalized spacial score (nSPS) is 16.8. The van der Waals surface area contributed by atoms with Gasteiger partial charge in [-0.2, -0.15) is 0 Å². The molecular weight excluding hydrogens is 212 g/mol. The van der Waals surface area contributed by atoms with E-state index >= 15 is 0 Å². The van der Waals surface area contributed by atoms with Crippen molar-refractivity contribution < 1.29 is 19.8 Å². The largest absolute Gasteiger partial charge is 0.386 e. The third-order valence-corrected chi connectivity index (χ3v) is 1.97. The molecule has 0 spiro atoms. The summed E-state index contributed by atoms with van der Waals surface area (Å²) in [6.45, 7) is 2.81. The average Bonchev–Trinajstić information content (AvgIpc) is 2.16. The van der Waals surface area contributed by atoms with E-state index in [-0.39, 0.29) is 11.1 Å². The minimum absolute atomic E-state index is 0.122. The van der Waals surface area contributed by atoms with Crippen LogP contribution in [0.1, 0.15) is 13.8 Å². The van der Waals surface area contributed by atoms with Crippen LogP contribution < -0.4 is 11.5 Å². The summed E-state index contributed by atoms with van der Waals surface area (Å²) in [5.41, 5.74) is 10.1. The molecule has 0 aliphatic carbocycles. The Bertz CT molecular complexity index is 313. The molecule has 2 amide bonds. The number of rotatable bonds is 5. The summed E-state index contributed by atoms with van der Waals surface area (Å²) < 4.78 is 0. The van der Waals surface area contributed by atoms with Crippen LogP contribution in [0.25, 0.3) is 0 Å². The van der Waals surface area contributed by atoms with Gasteiger partial charge in [0.25, 0.3) is 0 Å². The Kier molecular flexibility index (Phi) is 5.41. The van der Waals surface area contributed by atoms with E-state index in [1.165, 1.54) is 13.8 Å². The van der Waals surface area contributed by atoms with E-state index < -0.39 is 24.0 Å². The summed E-state index contributed by atoms with van der Waals surface area (Å²) in [6, 6.07) is 0. The van der Waals surface area contributed by atoms with Gasteiger partial charge < -0.3 is 21.7 Å². The second-order valence-corrected chi connectivity index (χ2v) is 3.41. The topological polar surface area (TPSA) is 127 Å². The van der Waals surface area contributed by atoms with Gasteiger partial charge in [0.15, 0.2) is 0 Å². The molecular formula is C10H16N2O4. The number of aliphatic hydroxyl groups excluding tert-OH is 2. The number of hydrogen-bond donors (Lipinski definition) is 4. The minimum Gasteiger partial charge on any atom is -0.386 e. The zero-order valence-corrected chi connectivity index (χ0v) is 9.18. The Morgan fingerprint density at radius 1 is 0.938 bits per heavy atom. The van der Waals surface area contributed by atoms with Crippen molar-refractivity contribution in [2.45, 2.75) is 26.1 Å². The quantitative estimate of drug-likeness (QED) is 0.430. The third kappa shape index (κ3) is 4.72. The van der Waals surface area contributed by atoms with Crippen LogP contribution in [0.4, 0.5) is 0 Å². The molecule has 0 aliphatic heterocycles. The van der Waals surface area contributed by atoms with E-state index in [9.17, 15) is 19.8 Å². The number of carbonyl (C=O) groups is 2. The van der Waals surface area contributed by atoms with Crippen LogP contribution in [0.3, 0.4) is 0 Å². The van der Waals surface area contributed by atoms with Crippen molar-refractivity contribution in [2.75, 3.05) is 0 Å². The van der Waals surface area contributed by atoms with E-state index in [1.807, 2.05) is 0 Å². The molecule has 0 aromatic heterocycles. The molecule has 0 radical (unpaired) electrons. The second kappa shape index (κ2) is 6.04. The van der Waals surface area contributed by atoms with Crippen LogP contribution in [0.5, 0.6) is 0 Å². The Hall–Kier alpha value is -1.66. The summed E-state index contributed by atoms with van der Waals surface area (Å²) >= 11 is 0. The van der Waals surface area contributed by atoms with Gasteiger partial charge in [-0.25, -0.2) is 0 Å². The lowest BCUT2D eigenvalue weighted by molar-refractivity contribution is -0.115. The number of hydrogen-bond acceptors (Lipinski definition) is 4. The van der Waals surface area contributed by atoms with Gasteiger partial charge in [-0.3, -0.25) is 9.59 Å². The number of primary amides is 2. The average molecular weight is 228 g/mol. The predicted octanol–water partition coefficient (Wildman–Crippen LogP) is -1.43.